The van der Waals surface area contributed by atoms with Gasteiger partial charge in [-0.25, -0.2) is 4.39 Å². The van der Waals surface area contributed by atoms with Crippen LogP contribution >= 0.6 is 11.8 Å². The minimum absolute atomic E-state index is 0.237. The minimum atomic E-state index is -0.237. The first-order valence-corrected chi connectivity index (χ1v) is 6.95. The fraction of sp³-hybridized carbons (Fsp3) is 0. The molecule has 0 atom stereocenters. The first kappa shape index (κ1) is 12.7. The lowest BCUT2D eigenvalue weighted by atomic mass is 10.1. The Morgan fingerprint density at radius 2 is 1.55 bits per heavy atom. The van der Waals surface area contributed by atoms with Crippen molar-refractivity contribution in [3.8, 4) is 6.07 Å². The molecule has 3 aromatic rings. The van der Waals surface area contributed by atoms with Gasteiger partial charge >= 0.3 is 0 Å². The number of nitrogens with zero attached hydrogens (tertiary/aromatic N) is 1. The van der Waals surface area contributed by atoms with E-state index in [2.05, 4.69) is 6.07 Å². The Hall–Kier alpha value is -2.31. The molecule has 0 amide bonds. The summed E-state index contributed by atoms with van der Waals surface area (Å²) in [4.78, 5) is 2.03. The topological polar surface area (TPSA) is 23.8 Å². The predicted molar refractivity (Wildman–Crippen MR) is 79.2 cm³/mol. The zero-order valence-electron chi connectivity index (χ0n) is 10.5. The highest BCUT2D eigenvalue weighted by Gasteiger charge is 2.06. The minimum Gasteiger partial charge on any atom is -0.207 e. The number of hydrogen-bond donors (Lipinski definition) is 0. The van der Waals surface area contributed by atoms with E-state index >= 15 is 0 Å². The lowest BCUT2D eigenvalue weighted by Gasteiger charge is -2.07. The zero-order chi connectivity index (χ0) is 13.9. The van der Waals surface area contributed by atoms with Crippen molar-refractivity contribution in [1.82, 2.24) is 0 Å². The highest BCUT2D eigenvalue weighted by molar-refractivity contribution is 7.99. The number of nitriles is 1. The number of hydrogen-bond acceptors (Lipinski definition) is 2. The molecule has 1 nitrogen and oxygen atoms in total. The van der Waals surface area contributed by atoms with Gasteiger partial charge in [-0.3, -0.25) is 0 Å². The van der Waals surface area contributed by atoms with Crippen LogP contribution in [0.5, 0.6) is 0 Å². The van der Waals surface area contributed by atoms with Gasteiger partial charge in [0.1, 0.15) is 5.82 Å². The van der Waals surface area contributed by atoms with Crippen molar-refractivity contribution in [3.63, 3.8) is 0 Å². The van der Waals surface area contributed by atoms with Gasteiger partial charge in [0.2, 0.25) is 0 Å². The maximum absolute atomic E-state index is 12.9. The van der Waals surface area contributed by atoms with Gasteiger partial charge in [0.15, 0.2) is 0 Å². The maximum atomic E-state index is 12.9. The highest BCUT2D eigenvalue weighted by Crippen LogP contribution is 2.34. The lowest BCUT2D eigenvalue weighted by Crippen LogP contribution is -1.83. The molecule has 0 bridgehead atoms. The van der Waals surface area contributed by atoms with Crippen LogP contribution in [0.25, 0.3) is 10.8 Å². The Morgan fingerprint density at radius 1 is 0.850 bits per heavy atom. The lowest BCUT2D eigenvalue weighted by molar-refractivity contribution is 0.626. The number of benzene rings is 3. The first-order valence-electron chi connectivity index (χ1n) is 6.13. The van der Waals surface area contributed by atoms with Gasteiger partial charge in [-0.05, 0) is 41.8 Å². The third kappa shape index (κ3) is 2.38. The van der Waals surface area contributed by atoms with Crippen LogP contribution in [0.1, 0.15) is 5.56 Å². The number of halogens is 1. The van der Waals surface area contributed by atoms with Crippen molar-refractivity contribution in [2.45, 2.75) is 9.79 Å². The van der Waals surface area contributed by atoms with E-state index in [1.807, 2.05) is 36.4 Å². The quantitative estimate of drug-likeness (QED) is 0.659. The molecule has 0 N–H and O–H groups in total. The second-order valence-corrected chi connectivity index (χ2v) is 5.44. The summed E-state index contributed by atoms with van der Waals surface area (Å²) in [6.07, 6.45) is 0. The third-order valence-corrected chi connectivity index (χ3v) is 4.13. The van der Waals surface area contributed by atoms with Crippen LogP contribution in [0.15, 0.2) is 70.5 Å². The summed E-state index contributed by atoms with van der Waals surface area (Å²) in [7, 11) is 0. The van der Waals surface area contributed by atoms with Crippen molar-refractivity contribution in [1.29, 1.82) is 5.26 Å². The molecule has 0 saturated carbocycles. The summed E-state index contributed by atoms with van der Waals surface area (Å²) in [5.74, 6) is -0.237. The van der Waals surface area contributed by atoms with Crippen molar-refractivity contribution < 1.29 is 4.39 Å². The molecule has 0 fully saturated rings. The smallest absolute Gasteiger partial charge is 0.123 e. The van der Waals surface area contributed by atoms with Crippen LogP contribution in [0.3, 0.4) is 0 Å². The molecular formula is C17H10FNS. The molecule has 0 spiro atoms. The van der Waals surface area contributed by atoms with E-state index in [-0.39, 0.29) is 5.82 Å². The van der Waals surface area contributed by atoms with Crippen molar-refractivity contribution in [2.75, 3.05) is 0 Å². The summed E-state index contributed by atoms with van der Waals surface area (Å²) in [6, 6.07) is 20.2. The van der Waals surface area contributed by atoms with Crippen LogP contribution in [0.2, 0.25) is 0 Å². The summed E-state index contributed by atoms with van der Waals surface area (Å²) in [5.41, 5.74) is 0.670. The molecule has 0 heterocycles. The van der Waals surface area contributed by atoms with Gasteiger partial charge in [-0.2, -0.15) is 5.26 Å². The average molecular weight is 279 g/mol. The van der Waals surface area contributed by atoms with Gasteiger partial charge in [-0.1, -0.05) is 36.0 Å². The Balaban J connectivity index is 2.09. The second-order valence-electron chi connectivity index (χ2n) is 4.32. The molecule has 0 aliphatic carbocycles. The van der Waals surface area contributed by atoms with Crippen molar-refractivity contribution in [2.24, 2.45) is 0 Å². The molecule has 0 saturated heterocycles. The van der Waals surface area contributed by atoms with Crippen LogP contribution < -0.4 is 0 Å². The maximum Gasteiger partial charge on any atom is 0.123 e. The molecule has 3 rings (SSSR count). The van der Waals surface area contributed by atoms with Crippen LogP contribution in [0, 0.1) is 17.1 Å². The molecule has 0 aliphatic rings. The van der Waals surface area contributed by atoms with Gasteiger partial charge in [0, 0.05) is 15.2 Å². The fourth-order valence-electron chi connectivity index (χ4n) is 2.09. The Bertz CT molecular complexity index is 803. The van der Waals surface area contributed by atoms with E-state index in [1.54, 1.807) is 23.9 Å². The SMILES string of the molecule is N#Cc1ccc(Sc2ccc(F)cc2)c2ccccc12. The Kier molecular flexibility index (Phi) is 3.41. The van der Waals surface area contributed by atoms with Crippen molar-refractivity contribution in [3.05, 3.63) is 72.0 Å². The normalized spacial score (nSPS) is 10.4. The second kappa shape index (κ2) is 5.36. The average Bonchev–Trinajstić information content (AvgIpc) is 2.50. The van der Waals surface area contributed by atoms with E-state index in [0.29, 0.717) is 5.56 Å². The molecule has 0 unspecified atom stereocenters. The van der Waals surface area contributed by atoms with E-state index in [4.69, 9.17) is 5.26 Å². The highest BCUT2D eigenvalue weighted by atomic mass is 32.2. The van der Waals surface area contributed by atoms with E-state index in [9.17, 15) is 4.39 Å². The number of rotatable bonds is 2. The third-order valence-electron chi connectivity index (χ3n) is 3.05. The zero-order valence-corrected chi connectivity index (χ0v) is 11.3. The molecule has 3 aromatic carbocycles. The molecular weight excluding hydrogens is 269 g/mol. The van der Waals surface area contributed by atoms with Gasteiger partial charge in [0.25, 0.3) is 0 Å². The predicted octanol–water partition coefficient (Wildman–Crippen LogP) is 5.00. The summed E-state index contributed by atoms with van der Waals surface area (Å²) < 4.78 is 12.9. The molecule has 0 radical (unpaired) electrons. The summed E-state index contributed by atoms with van der Waals surface area (Å²) in [5, 5.41) is 11.1. The van der Waals surface area contributed by atoms with Crippen LogP contribution in [-0.2, 0) is 0 Å². The first-order chi connectivity index (χ1) is 9.78. The largest absolute Gasteiger partial charge is 0.207 e. The van der Waals surface area contributed by atoms with Crippen LogP contribution in [0.4, 0.5) is 4.39 Å². The Morgan fingerprint density at radius 3 is 2.25 bits per heavy atom. The number of fused-ring (bicyclic) bond motifs is 1. The molecule has 0 aromatic heterocycles. The van der Waals surface area contributed by atoms with Crippen LogP contribution in [-0.4, -0.2) is 0 Å². The van der Waals surface area contributed by atoms with Gasteiger partial charge in [-0.15, -0.1) is 0 Å². The van der Waals surface area contributed by atoms with Crippen molar-refractivity contribution >= 4 is 22.5 Å². The molecule has 20 heavy (non-hydrogen) atoms. The van der Waals surface area contributed by atoms with E-state index < -0.39 is 0 Å². The molecule has 0 aliphatic heterocycles. The van der Waals surface area contributed by atoms with E-state index in [0.717, 1.165) is 20.6 Å². The molecule has 96 valence electrons. The summed E-state index contributed by atoms with van der Waals surface area (Å²) in [6.45, 7) is 0. The monoisotopic (exact) mass is 279 g/mol. The van der Waals surface area contributed by atoms with Gasteiger partial charge in [0.05, 0.1) is 11.6 Å². The summed E-state index contributed by atoms with van der Waals surface area (Å²) >= 11 is 1.57. The standard InChI is InChI=1S/C17H10FNS/c18-13-6-8-14(9-7-13)20-17-10-5-12(11-19)15-3-1-2-4-16(15)17/h1-10H. The molecule has 3 heteroatoms. The van der Waals surface area contributed by atoms with E-state index in [1.165, 1.54) is 12.1 Å². The van der Waals surface area contributed by atoms with Gasteiger partial charge < -0.3 is 0 Å². The Labute approximate surface area is 120 Å². The fourth-order valence-corrected chi connectivity index (χ4v) is 3.04.